The van der Waals surface area contributed by atoms with Crippen LogP contribution in [0.15, 0.2) is 48.5 Å². The van der Waals surface area contributed by atoms with Gasteiger partial charge < -0.3 is 20.5 Å². The number of aliphatic carboxylic acids is 1. The van der Waals surface area contributed by atoms with E-state index in [-0.39, 0.29) is 36.3 Å². The zero-order valence-electron chi connectivity index (χ0n) is 19.5. The van der Waals surface area contributed by atoms with Crippen LogP contribution >= 0.6 is 0 Å². The number of carboxylic acids is 1. The fraction of sp³-hybridized carbons (Fsp3) is 0.444. The first-order valence-electron chi connectivity index (χ1n) is 12.0. The van der Waals surface area contributed by atoms with Crippen molar-refractivity contribution in [1.29, 1.82) is 0 Å². The maximum absolute atomic E-state index is 12.3. The maximum Gasteiger partial charge on any atom is 0.407 e. The highest BCUT2D eigenvalue weighted by Crippen LogP contribution is 2.44. The average molecular weight is 465 g/mol. The van der Waals surface area contributed by atoms with Crippen molar-refractivity contribution in [3.8, 4) is 11.1 Å². The van der Waals surface area contributed by atoms with E-state index in [0.29, 0.717) is 38.6 Å². The summed E-state index contributed by atoms with van der Waals surface area (Å²) in [7, 11) is 0. The summed E-state index contributed by atoms with van der Waals surface area (Å²) in [6.07, 6.45) is 2.36. The highest BCUT2D eigenvalue weighted by Gasteiger charge is 2.31. The normalized spacial score (nSPS) is 19.7. The molecule has 7 nitrogen and oxygen atoms in total. The Hall–Kier alpha value is -3.35. The highest BCUT2D eigenvalue weighted by atomic mass is 16.5. The molecule has 2 aliphatic carbocycles. The van der Waals surface area contributed by atoms with Gasteiger partial charge in [0, 0.05) is 24.9 Å². The van der Waals surface area contributed by atoms with Gasteiger partial charge in [0.05, 0.1) is 5.92 Å². The lowest BCUT2D eigenvalue weighted by atomic mass is 9.98. The molecular weight excluding hydrogens is 432 g/mol. The van der Waals surface area contributed by atoms with E-state index in [4.69, 9.17) is 9.84 Å². The van der Waals surface area contributed by atoms with E-state index in [1.807, 2.05) is 31.2 Å². The molecule has 3 N–H and O–H groups in total. The first-order chi connectivity index (χ1) is 16.4. The molecule has 0 saturated heterocycles. The summed E-state index contributed by atoms with van der Waals surface area (Å²) in [5, 5.41) is 14.8. The van der Waals surface area contributed by atoms with Gasteiger partial charge in [0.15, 0.2) is 0 Å². The zero-order chi connectivity index (χ0) is 24.1. The van der Waals surface area contributed by atoms with Gasteiger partial charge in [-0.05, 0) is 53.9 Å². The number of alkyl carbamates (subject to hydrolysis) is 1. The number of nitrogens with one attached hydrogen (secondary N) is 2. The van der Waals surface area contributed by atoms with Gasteiger partial charge in [0.1, 0.15) is 6.61 Å². The van der Waals surface area contributed by atoms with Crippen molar-refractivity contribution in [2.24, 2.45) is 11.8 Å². The molecule has 0 spiro atoms. The number of hydrogen-bond acceptors (Lipinski definition) is 4. The van der Waals surface area contributed by atoms with Crippen molar-refractivity contribution in [2.45, 2.75) is 51.0 Å². The molecule has 1 unspecified atom stereocenters. The molecule has 2 amide bonds. The van der Waals surface area contributed by atoms with E-state index in [1.54, 1.807) is 0 Å². The minimum absolute atomic E-state index is 0.0251. The lowest BCUT2D eigenvalue weighted by Gasteiger charge is -2.16. The van der Waals surface area contributed by atoms with Crippen molar-refractivity contribution >= 4 is 18.0 Å². The van der Waals surface area contributed by atoms with Crippen molar-refractivity contribution in [3.63, 3.8) is 0 Å². The summed E-state index contributed by atoms with van der Waals surface area (Å²) in [6, 6.07) is 16.4. The quantitative estimate of drug-likeness (QED) is 0.513. The summed E-state index contributed by atoms with van der Waals surface area (Å²) in [6.45, 7) is 2.67. The average Bonchev–Trinajstić information content (AvgIpc) is 3.40. The molecule has 1 fully saturated rings. The SMILES string of the molecule is CC(CCNC(=O)OCC1c2ccccc2-c2ccccc21)CC(=O)N[C@H]1CC[C@@H](C(=O)O)C1. The minimum atomic E-state index is -0.788. The van der Waals surface area contributed by atoms with Crippen LogP contribution in [0.2, 0.25) is 0 Å². The first kappa shape index (κ1) is 23.8. The summed E-state index contributed by atoms with van der Waals surface area (Å²) >= 11 is 0. The molecule has 0 aromatic heterocycles. The second kappa shape index (κ2) is 10.7. The van der Waals surface area contributed by atoms with Crippen LogP contribution in [-0.2, 0) is 14.3 Å². The fourth-order valence-corrected chi connectivity index (χ4v) is 5.11. The molecular formula is C27H32N2O5. The van der Waals surface area contributed by atoms with E-state index in [1.165, 1.54) is 22.3 Å². The van der Waals surface area contributed by atoms with Crippen LogP contribution in [0.1, 0.15) is 56.1 Å². The third-order valence-electron chi connectivity index (χ3n) is 6.93. The number of carboxylic acid groups (broad SMARTS) is 1. The van der Waals surface area contributed by atoms with Crippen LogP contribution in [0.25, 0.3) is 11.1 Å². The molecule has 3 atom stereocenters. The van der Waals surface area contributed by atoms with E-state index < -0.39 is 12.1 Å². The molecule has 0 aliphatic heterocycles. The Kier molecular flexibility index (Phi) is 7.50. The van der Waals surface area contributed by atoms with Gasteiger partial charge >= 0.3 is 12.1 Å². The molecule has 2 aromatic carbocycles. The molecule has 0 bridgehead atoms. The van der Waals surface area contributed by atoms with Crippen LogP contribution in [0.5, 0.6) is 0 Å². The molecule has 7 heteroatoms. The number of ether oxygens (including phenoxy) is 1. The van der Waals surface area contributed by atoms with Gasteiger partial charge in [-0.25, -0.2) is 4.79 Å². The predicted molar refractivity (Wildman–Crippen MR) is 128 cm³/mol. The van der Waals surface area contributed by atoms with E-state index in [2.05, 4.69) is 34.9 Å². The third kappa shape index (κ3) is 5.58. The Morgan fingerprint density at radius 1 is 1.03 bits per heavy atom. The van der Waals surface area contributed by atoms with Crippen molar-refractivity contribution < 1.29 is 24.2 Å². The van der Waals surface area contributed by atoms with Crippen LogP contribution in [0.3, 0.4) is 0 Å². The highest BCUT2D eigenvalue weighted by molar-refractivity contribution is 5.79. The Labute approximate surface area is 199 Å². The van der Waals surface area contributed by atoms with Crippen LogP contribution < -0.4 is 10.6 Å². The van der Waals surface area contributed by atoms with Crippen LogP contribution in [0.4, 0.5) is 4.79 Å². The van der Waals surface area contributed by atoms with Crippen LogP contribution in [-0.4, -0.2) is 42.3 Å². The number of hydrogen-bond donors (Lipinski definition) is 3. The monoisotopic (exact) mass is 464 g/mol. The van der Waals surface area contributed by atoms with Crippen molar-refractivity contribution in [3.05, 3.63) is 59.7 Å². The van der Waals surface area contributed by atoms with Crippen molar-refractivity contribution in [1.82, 2.24) is 10.6 Å². The molecule has 180 valence electrons. The summed E-state index contributed by atoms with van der Waals surface area (Å²) in [5.41, 5.74) is 4.73. The zero-order valence-corrected chi connectivity index (χ0v) is 19.5. The molecule has 0 heterocycles. The molecule has 2 aromatic rings. The van der Waals surface area contributed by atoms with E-state index >= 15 is 0 Å². The van der Waals surface area contributed by atoms with Crippen LogP contribution in [0, 0.1) is 11.8 Å². The number of carbonyl (C=O) groups excluding carboxylic acids is 2. The number of amides is 2. The molecule has 0 radical (unpaired) electrons. The standard InChI is InChI=1S/C27H32N2O5/c1-17(14-25(30)29-19-11-10-18(15-19)26(31)32)12-13-28-27(33)34-16-24-22-8-4-2-6-20(22)21-7-3-5-9-23(21)24/h2-9,17-19,24H,10-16H2,1H3,(H,28,33)(H,29,30)(H,31,32)/t17?,18-,19+/m1/s1. The van der Waals surface area contributed by atoms with Gasteiger partial charge in [-0.15, -0.1) is 0 Å². The Morgan fingerprint density at radius 3 is 2.29 bits per heavy atom. The topological polar surface area (TPSA) is 105 Å². The number of carbonyl (C=O) groups is 3. The van der Waals surface area contributed by atoms with E-state index in [9.17, 15) is 14.4 Å². The van der Waals surface area contributed by atoms with Gasteiger partial charge in [0.2, 0.25) is 5.91 Å². The fourth-order valence-electron chi connectivity index (χ4n) is 5.11. The lowest BCUT2D eigenvalue weighted by molar-refractivity contribution is -0.141. The number of benzene rings is 2. The Bertz CT molecular complexity index is 1010. The molecule has 2 aliphatic rings. The number of rotatable bonds is 9. The van der Waals surface area contributed by atoms with E-state index in [0.717, 1.165) is 0 Å². The number of fused-ring (bicyclic) bond motifs is 3. The van der Waals surface area contributed by atoms with Crippen molar-refractivity contribution in [2.75, 3.05) is 13.2 Å². The summed E-state index contributed by atoms with van der Waals surface area (Å²) in [5.74, 6) is -1.10. The maximum atomic E-state index is 12.3. The molecule has 34 heavy (non-hydrogen) atoms. The predicted octanol–water partition coefficient (Wildman–Crippen LogP) is 4.31. The summed E-state index contributed by atoms with van der Waals surface area (Å²) < 4.78 is 5.54. The van der Waals surface area contributed by atoms with Gasteiger partial charge in [-0.3, -0.25) is 9.59 Å². The second-order valence-electron chi connectivity index (χ2n) is 9.46. The Morgan fingerprint density at radius 2 is 1.68 bits per heavy atom. The Balaban J connectivity index is 1.17. The largest absolute Gasteiger partial charge is 0.481 e. The smallest absolute Gasteiger partial charge is 0.407 e. The summed E-state index contributed by atoms with van der Waals surface area (Å²) in [4.78, 5) is 35.6. The van der Waals surface area contributed by atoms with Gasteiger partial charge in [0.25, 0.3) is 0 Å². The lowest BCUT2D eigenvalue weighted by Crippen LogP contribution is -2.34. The molecule has 4 rings (SSSR count). The first-order valence-corrected chi connectivity index (χ1v) is 12.0. The van der Waals surface area contributed by atoms with Gasteiger partial charge in [-0.2, -0.15) is 0 Å². The van der Waals surface area contributed by atoms with Gasteiger partial charge in [-0.1, -0.05) is 55.5 Å². The second-order valence-corrected chi connectivity index (χ2v) is 9.46. The third-order valence-corrected chi connectivity index (χ3v) is 6.93. The molecule has 1 saturated carbocycles. The minimum Gasteiger partial charge on any atom is -0.481 e.